The first kappa shape index (κ1) is 12.0. The summed E-state index contributed by atoms with van der Waals surface area (Å²) in [7, 11) is 0.959. The Balaban J connectivity index is 3.40. The third kappa shape index (κ3) is 2.28. The number of nitriles is 1. The molecule has 0 aliphatic carbocycles. The van der Waals surface area contributed by atoms with Crippen molar-refractivity contribution >= 4 is 5.97 Å². The topological polar surface area (TPSA) is 63.0 Å². The number of carbonyl (C=O) groups is 1. The van der Waals surface area contributed by atoms with Gasteiger partial charge in [0.25, 0.3) is 0 Å². The molecule has 0 aliphatic rings. The number of hydrogen-bond donors (Lipinski definition) is 0. The van der Waals surface area contributed by atoms with Crippen LogP contribution in [0.15, 0.2) is 12.1 Å². The number of pyridine rings is 1. The van der Waals surface area contributed by atoms with E-state index in [1.807, 2.05) is 0 Å². The average molecular weight is 230 g/mol. The van der Waals surface area contributed by atoms with Gasteiger partial charge in [-0.2, -0.15) is 18.4 Å². The third-order valence-electron chi connectivity index (χ3n) is 1.68. The molecule has 0 N–H and O–H groups in total. The van der Waals surface area contributed by atoms with Crippen molar-refractivity contribution in [2.24, 2.45) is 0 Å². The molecule has 0 saturated carbocycles. The molecule has 1 heterocycles. The number of nitrogens with zero attached hydrogens (tertiary/aromatic N) is 2. The van der Waals surface area contributed by atoms with Gasteiger partial charge in [0.1, 0.15) is 11.8 Å². The number of halogens is 3. The Hall–Kier alpha value is -2.10. The molecule has 4 nitrogen and oxygen atoms in total. The van der Waals surface area contributed by atoms with Gasteiger partial charge in [0, 0.05) is 0 Å². The highest BCUT2D eigenvalue weighted by molar-refractivity contribution is 5.90. The molecule has 0 amide bonds. The zero-order chi connectivity index (χ0) is 12.3. The molecular formula is C9H5F3N2O2. The SMILES string of the molecule is COC(=O)c1ccc(C#N)nc1C(F)(F)F. The summed E-state index contributed by atoms with van der Waals surface area (Å²) in [5, 5.41) is 8.42. The summed E-state index contributed by atoms with van der Waals surface area (Å²) >= 11 is 0. The standard InChI is InChI=1S/C9H5F3N2O2/c1-16-8(15)6-3-2-5(4-13)14-7(6)9(10,11)12/h2-3H,1H3. The normalized spacial score (nSPS) is 10.7. The minimum Gasteiger partial charge on any atom is -0.465 e. The van der Waals surface area contributed by atoms with Crippen molar-refractivity contribution < 1.29 is 22.7 Å². The van der Waals surface area contributed by atoms with Crippen molar-refractivity contribution in [1.82, 2.24) is 4.98 Å². The highest BCUT2D eigenvalue weighted by Gasteiger charge is 2.37. The number of methoxy groups -OCH3 is 1. The lowest BCUT2D eigenvalue weighted by Crippen LogP contribution is -2.17. The fraction of sp³-hybridized carbons (Fsp3) is 0.222. The number of carbonyl (C=O) groups excluding carboxylic acids is 1. The Bertz CT molecular complexity index is 463. The van der Waals surface area contributed by atoms with E-state index in [4.69, 9.17) is 5.26 Å². The lowest BCUT2D eigenvalue weighted by Gasteiger charge is -2.09. The van der Waals surface area contributed by atoms with Crippen molar-refractivity contribution in [3.05, 3.63) is 29.1 Å². The van der Waals surface area contributed by atoms with Gasteiger partial charge in [-0.1, -0.05) is 0 Å². The molecule has 0 atom stereocenters. The maximum Gasteiger partial charge on any atom is 0.434 e. The molecule has 1 rings (SSSR count). The first-order chi connectivity index (χ1) is 7.40. The lowest BCUT2D eigenvalue weighted by atomic mass is 10.1. The largest absolute Gasteiger partial charge is 0.465 e. The Labute approximate surface area is 88.3 Å². The number of ether oxygens (including phenoxy) is 1. The fourth-order valence-corrected chi connectivity index (χ4v) is 1.01. The maximum atomic E-state index is 12.5. The van der Waals surface area contributed by atoms with Crippen LogP contribution in [0.3, 0.4) is 0 Å². The molecule has 0 fully saturated rings. The molecule has 0 bridgehead atoms. The molecule has 1 aromatic rings. The van der Waals surface area contributed by atoms with Crippen LogP contribution >= 0.6 is 0 Å². The second-order valence-corrected chi connectivity index (χ2v) is 2.69. The summed E-state index contributed by atoms with van der Waals surface area (Å²) in [4.78, 5) is 14.1. The minimum atomic E-state index is -4.81. The van der Waals surface area contributed by atoms with Crippen LogP contribution in [0.2, 0.25) is 0 Å². The highest BCUT2D eigenvalue weighted by Crippen LogP contribution is 2.30. The Morgan fingerprint density at radius 1 is 1.50 bits per heavy atom. The zero-order valence-corrected chi connectivity index (χ0v) is 8.00. The third-order valence-corrected chi connectivity index (χ3v) is 1.68. The van der Waals surface area contributed by atoms with Gasteiger partial charge < -0.3 is 4.74 Å². The van der Waals surface area contributed by atoms with Crippen molar-refractivity contribution in [1.29, 1.82) is 5.26 Å². The zero-order valence-electron chi connectivity index (χ0n) is 8.00. The van der Waals surface area contributed by atoms with Crippen molar-refractivity contribution in [3.63, 3.8) is 0 Å². The van der Waals surface area contributed by atoms with Gasteiger partial charge in [0.2, 0.25) is 0 Å². The molecule has 16 heavy (non-hydrogen) atoms. The van der Waals surface area contributed by atoms with Crippen LogP contribution in [0.5, 0.6) is 0 Å². The fourth-order valence-electron chi connectivity index (χ4n) is 1.01. The number of hydrogen-bond acceptors (Lipinski definition) is 4. The number of aromatic nitrogens is 1. The summed E-state index contributed by atoms with van der Waals surface area (Å²) in [6.07, 6.45) is -4.81. The molecule has 1 aromatic heterocycles. The number of alkyl halides is 3. The first-order valence-corrected chi connectivity index (χ1v) is 3.96. The van der Waals surface area contributed by atoms with Crippen LogP contribution in [0.1, 0.15) is 21.7 Å². The van der Waals surface area contributed by atoms with Gasteiger partial charge in [-0.15, -0.1) is 0 Å². The molecule has 0 aliphatic heterocycles. The molecule has 84 valence electrons. The maximum absolute atomic E-state index is 12.5. The lowest BCUT2D eigenvalue weighted by molar-refractivity contribution is -0.141. The average Bonchev–Trinajstić information content (AvgIpc) is 2.26. The van der Waals surface area contributed by atoms with E-state index in [2.05, 4.69) is 9.72 Å². The second-order valence-electron chi connectivity index (χ2n) is 2.69. The number of rotatable bonds is 1. The van der Waals surface area contributed by atoms with Gasteiger partial charge in [-0.25, -0.2) is 9.78 Å². The molecule has 0 saturated heterocycles. The van der Waals surface area contributed by atoms with E-state index in [1.165, 1.54) is 6.07 Å². The van der Waals surface area contributed by atoms with Crippen molar-refractivity contribution in [2.75, 3.05) is 7.11 Å². The van der Waals surface area contributed by atoms with Crippen molar-refractivity contribution in [3.8, 4) is 6.07 Å². The summed E-state index contributed by atoms with van der Waals surface area (Å²) in [5.74, 6) is -1.15. The summed E-state index contributed by atoms with van der Waals surface area (Å²) in [5.41, 5.74) is -2.55. The summed E-state index contributed by atoms with van der Waals surface area (Å²) in [6.45, 7) is 0. The van der Waals surface area contributed by atoms with E-state index in [0.29, 0.717) is 0 Å². The summed E-state index contributed by atoms with van der Waals surface area (Å²) < 4.78 is 41.6. The van der Waals surface area contributed by atoms with Gasteiger partial charge in [-0.05, 0) is 12.1 Å². The van der Waals surface area contributed by atoms with E-state index in [-0.39, 0.29) is 0 Å². The summed E-state index contributed by atoms with van der Waals surface area (Å²) in [6, 6.07) is 3.34. The molecule has 0 unspecified atom stereocenters. The van der Waals surface area contributed by atoms with Gasteiger partial charge >= 0.3 is 12.1 Å². The van der Waals surface area contributed by atoms with E-state index in [1.54, 1.807) is 0 Å². The molecule has 0 radical (unpaired) electrons. The van der Waals surface area contributed by atoms with Crippen LogP contribution in [-0.2, 0) is 10.9 Å². The monoisotopic (exact) mass is 230 g/mol. The second kappa shape index (κ2) is 4.18. The Morgan fingerprint density at radius 3 is 2.56 bits per heavy atom. The van der Waals surface area contributed by atoms with Gasteiger partial charge in [-0.3, -0.25) is 0 Å². The van der Waals surface area contributed by atoms with E-state index in [9.17, 15) is 18.0 Å². The van der Waals surface area contributed by atoms with Crippen LogP contribution < -0.4 is 0 Å². The predicted octanol–water partition coefficient (Wildman–Crippen LogP) is 1.76. The van der Waals surface area contributed by atoms with Crippen LogP contribution in [0, 0.1) is 11.3 Å². The van der Waals surface area contributed by atoms with E-state index < -0.39 is 29.1 Å². The minimum absolute atomic E-state index is 0.417. The Morgan fingerprint density at radius 2 is 2.12 bits per heavy atom. The molecule has 0 spiro atoms. The molecular weight excluding hydrogens is 225 g/mol. The molecule has 7 heteroatoms. The van der Waals surface area contributed by atoms with Gasteiger partial charge in [0.05, 0.1) is 12.7 Å². The van der Waals surface area contributed by atoms with E-state index >= 15 is 0 Å². The van der Waals surface area contributed by atoms with Crippen molar-refractivity contribution in [2.45, 2.75) is 6.18 Å². The van der Waals surface area contributed by atoms with Crippen LogP contribution in [0.4, 0.5) is 13.2 Å². The van der Waals surface area contributed by atoms with Crippen LogP contribution in [-0.4, -0.2) is 18.1 Å². The highest BCUT2D eigenvalue weighted by atomic mass is 19.4. The first-order valence-electron chi connectivity index (χ1n) is 3.96. The van der Waals surface area contributed by atoms with E-state index in [0.717, 1.165) is 19.2 Å². The van der Waals surface area contributed by atoms with Gasteiger partial charge in [0.15, 0.2) is 5.69 Å². The quantitative estimate of drug-likeness (QED) is 0.689. The predicted molar refractivity (Wildman–Crippen MR) is 45.3 cm³/mol. The number of esters is 1. The molecule has 0 aromatic carbocycles. The smallest absolute Gasteiger partial charge is 0.434 e. The van der Waals surface area contributed by atoms with Crippen LogP contribution in [0.25, 0.3) is 0 Å². The Kier molecular flexibility index (Phi) is 3.13.